The summed E-state index contributed by atoms with van der Waals surface area (Å²) in [5.74, 6) is 2.31. The minimum absolute atomic E-state index is 0.333. The largest absolute Gasteiger partial charge is 0.493 e. The molecule has 0 spiro atoms. The quantitative estimate of drug-likeness (QED) is 0.219. The van der Waals surface area contributed by atoms with Crippen LogP contribution in [0.25, 0.3) is 0 Å². The Morgan fingerprint density at radius 3 is 2.34 bits per heavy atom. The monoisotopic (exact) mass is 517 g/mol. The molecule has 0 aliphatic heterocycles. The van der Waals surface area contributed by atoms with E-state index >= 15 is 0 Å². The SMILES string of the molecule is C=CCc1cc(/C=N/NC(=O)Nc2ccc(C34CC5CC(CC(C5)C3)C4)cc2)cc(OC)c1OCC(=O)O. The lowest BCUT2D eigenvalue weighted by molar-refractivity contribution is -0.139. The summed E-state index contributed by atoms with van der Waals surface area (Å²) in [7, 11) is 1.47. The zero-order chi connectivity index (χ0) is 26.7. The van der Waals surface area contributed by atoms with Crippen molar-refractivity contribution in [1.29, 1.82) is 0 Å². The van der Waals surface area contributed by atoms with Crippen molar-refractivity contribution >= 4 is 23.9 Å². The first-order chi connectivity index (χ1) is 18.4. The number of nitrogens with zero attached hydrogens (tertiary/aromatic N) is 1. The predicted molar refractivity (Wildman–Crippen MR) is 146 cm³/mol. The van der Waals surface area contributed by atoms with Crippen molar-refractivity contribution in [3.63, 3.8) is 0 Å². The Kier molecular flexibility index (Phi) is 7.40. The van der Waals surface area contributed by atoms with E-state index in [-0.39, 0.29) is 0 Å². The summed E-state index contributed by atoms with van der Waals surface area (Å²) in [6, 6.07) is 11.4. The van der Waals surface area contributed by atoms with Crippen molar-refractivity contribution in [2.45, 2.75) is 50.4 Å². The van der Waals surface area contributed by atoms with E-state index in [9.17, 15) is 9.59 Å². The van der Waals surface area contributed by atoms with Gasteiger partial charge in [-0.1, -0.05) is 18.2 Å². The molecule has 0 unspecified atom stereocenters. The molecule has 2 aromatic carbocycles. The second kappa shape index (κ2) is 10.9. The fourth-order valence-corrected chi connectivity index (χ4v) is 7.21. The maximum Gasteiger partial charge on any atom is 0.341 e. The number of amides is 2. The van der Waals surface area contributed by atoms with Crippen LogP contribution in [0.1, 0.15) is 55.2 Å². The number of rotatable bonds is 10. The molecule has 4 fully saturated rings. The number of methoxy groups -OCH3 is 1. The highest BCUT2D eigenvalue weighted by Gasteiger charge is 2.51. The molecular weight excluding hydrogens is 482 g/mol. The number of hydrogen-bond acceptors (Lipinski definition) is 5. The van der Waals surface area contributed by atoms with Crippen LogP contribution >= 0.6 is 0 Å². The van der Waals surface area contributed by atoms with E-state index in [1.807, 2.05) is 12.1 Å². The first-order valence-corrected chi connectivity index (χ1v) is 13.2. The smallest absolute Gasteiger partial charge is 0.341 e. The Balaban J connectivity index is 1.20. The zero-order valence-corrected chi connectivity index (χ0v) is 21.7. The Morgan fingerprint density at radius 2 is 1.76 bits per heavy atom. The van der Waals surface area contributed by atoms with Crippen LogP contribution in [-0.2, 0) is 16.6 Å². The van der Waals surface area contributed by atoms with Gasteiger partial charge in [0.2, 0.25) is 0 Å². The van der Waals surface area contributed by atoms with Gasteiger partial charge >= 0.3 is 12.0 Å². The molecule has 4 bridgehead atoms. The molecule has 200 valence electrons. The van der Waals surface area contributed by atoms with Crippen LogP contribution in [0.15, 0.2) is 54.2 Å². The second-order valence-corrected chi connectivity index (χ2v) is 11.0. The van der Waals surface area contributed by atoms with Crippen molar-refractivity contribution < 1.29 is 24.2 Å². The number of nitrogens with one attached hydrogen (secondary N) is 2. The maximum absolute atomic E-state index is 12.5. The molecule has 0 saturated heterocycles. The van der Waals surface area contributed by atoms with Crippen molar-refractivity contribution in [2.24, 2.45) is 22.9 Å². The van der Waals surface area contributed by atoms with Crippen molar-refractivity contribution in [3.8, 4) is 11.5 Å². The minimum Gasteiger partial charge on any atom is -0.493 e. The molecule has 0 radical (unpaired) electrons. The van der Waals surface area contributed by atoms with E-state index < -0.39 is 18.6 Å². The third kappa shape index (κ3) is 5.54. The maximum atomic E-state index is 12.5. The van der Waals surface area contributed by atoms with E-state index in [1.54, 1.807) is 18.2 Å². The molecule has 8 nitrogen and oxygen atoms in total. The van der Waals surface area contributed by atoms with E-state index in [0.717, 1.165) is 23.4 Å². The predicted octanol–water partition coefficient (Wildman–Crippen LogP) is 5.51. The summed E-state index contributed by atoms with van der Waals surface area (Å²) in [6.07, 6.45) is 11.8. The number of hydrogen-bond donors (Lipinski definition) is 3. The van der Waals surface area contributed by atoms with Gasteiger partial charge in [-0.15, -0.1) is 6.58 Å². The van der Waals surface area contributed by atoms with Crippen molar-refractivity contribution in [2.75, 3.05) is 19.0 Å². The minimum atomic E-state index is -1.08. The molecule has 0 heterocycles. The van der Waals surface area contributed by atoms with Crippen LogP contribution in [0.3, 0.4) is 0 Å². The topological polar surface area (TPSA) is 109 Å². The van der Waals surface area contributed by atoms with Gasteiger partial charge in [-0.25, -0.2) is 15.0 Å². The van der Waals surface area contributed by atoms with Crippen molar-refractivity contribution in [3.05, 3.63) is 65.7 Å². The number of carbonyl (C=O) groups is 2. The van der Waals surface area contributed by atoms with Crippen LogP contribution < -0.4 is 20.2 Å². The van der Waals surface area contributed by atoms with E-state index in [2.05, 4.69) is 34.6 Å². The van der Waals surface area contributed by atoms with Crippen LogP contribution in [-0.4, -0.2) is 37.0 Å². The summed E-state index contributed by atoms with van der Waals surface area (Å²) in [6.45, 7) is 3.26. The lowest BCUT2D eigenvalue weighted by atomic mass is 9.48. The summed E-state index contributed by atoms with van der Waals surface area (Å²) in [5, 5.41) is 15.9. The molecular formula is C30H35N3O5. The Morgan fingerprint density at radius 1 is 1.11 bits per heavy atom. The van der Waals surface area contributed by atoms with Gasteiger partial charge < -0.3 is 19.9 Å². The second-order valence-electron chi connectivity index (χ2n) is 11.0. The molecule has 2 aromatic rings. The summed E-state index contributed by atoms with van der Waals surface area (Å²) in [5.41, 5.74) is 6.32. The number of ether oxygens (including phenoxy) is 2. The number of allylic oxidation sites excluding steroid dienone is 1. The first-order valence-electron chi connectivity index (χ1n) is 13.2. The number of anilines is 1. The molecule has 4 aliphatic rings. The lowest BCUT2D eigenvalue weighted by Crippen LogP contribution is -2.48. The number of benzene rings is 2. The summed E-state index contributed by atoms with van der Waals surface area (Å²) >= 11 is 0. The van der Waals surface area contributed by atoms with Gasteiger partial charge in [0.15, 0.2) is 18.1 Å². The van der Waals surface area contributed by atoms with Gasteiger partial charge in [0.25, 0.3) is 0 Å². The molecule has 6 rings (SSSR count). The number of carboxylic acids is 1. The van der Waals surface area contributed by atoms with Gasteiger partial charge in [-0.3, -0.25) is 0 Å². The van der Waals surface area contributed by atoms with Gasteiger partial charge in [0, 0.05) is 11.3 Å². The van der Waals surface area contributed by atoms with E-state index in [0.29, 0.717) is 34.5 Å². The Labute approximate surface area is 223 Å². The number of urea groups is 1. The zero-order valence-electron chi connectivity index (χ0n) is 21.7. The highest BCUT2D eigenvalue weighted by Crippen LogP contribution is 2.60. The highest BCUT2D eigenvalue weighted by molar-refractivity contribution is 5.90. The highest BCUT2D eigenvalue weighted by atomic mass is 16.5. The summed E-state index contributed by atoms with van der Waals surface area (Å²) in [4.78, 5) is 23.4. The van der Waals surface area contributed by atoms with E-state index in [1.165, 1.54) is 57.4 Å². The summed E-state index contributed by atoms with van der Waals surface area (Å²) < 4.78 is 10.8. The number of hydrazone groups is 1. The fraction of sp³-hybridized carbons (Fsp3) is 0.433. The van der Waals surface area contributed by atoms with Gasteiger partial charge in [0.1, 0.15) is 0 Å². The van der Waals surface area contributed by atoms with Gasteiger partial charge in [-0.05, 0) is 104 Å². The number of aliphatic carboxylic acids is 1. The first kappa shape index (κ1) is 25.8. The van der Waals surface area contributed by atoms with E-state index in [4.69, 9.17) is 14.6 Å². The van der Waals surface area contributed by atoms with Crippen LogP contribution in [0.5, 0.6) is 11.5 Å². The van der Waals surface area contributed by atoms with Gasteiger partial charge in [-0.2, -0.15) is 5.10 Å². The van der Waals surface area contributed by atoms with Crippen LogP contribution in [0, 0.1) is 17.8 Å². The molecule has 0 atom stereocenters. The molecule has 0 aromatic heterocycles. The number of carbonyl (C=O) groups excluding carboxylic acids is 1. The molecule has 2 amide bonds. The molecule has 4 aliphatic carbocycles. The Hall–Kier alpha value is -3.81. The number of carboxylic acid groups (broad SMARTS) is 1. The fourth-order valence-electron chi connectivity index (χ4n) is 7.21. The van der Waals surface area contributed by atoms with Gasteiger partial charge in [0.05, 0.1) is 13.3 Å². The molecule has 38 heavy (non-hydrogen) atoms. The third-order valence-corrected chi connectivity index (χ3v) is 8.25. The lowest BCUT2D eigenvalue weighted by Gasteiger charge is -2.57. The Bertz CT molecular complexity index is 1200. The average molecular weight is 518 g/mol. The average Bonchev–Trinajstić information content (AvgIpc) is 2.87. The normalized spacial score (nSPS) is 25.2. The molecule has 3 N–H and O–H groups in total. The van der Waals surface area contributed by atoms with Crippen molar-refractivity contribution in [1.82, 2.24) is 5.43 Å². The molecule has 4 saturated carbocycles. The van der Waals surface area contributed by atoms with Crippen LogP contribution in [0.2, 0.25) is 0 Å². The third-order valence-electron chi connectivity index (χ3n) is 8.25. The standard InChI is InChI=1S/C30H35N3O5/c1-3-4-23-12-22(13-26(37-2)28(23)38-18-27(34)35)17-31-33-29(36)32-25-7-5-24(6-8-25)30-14-19-9-20(15-30)11-21(10-19)16-30/h3,5-8,12-13,17,19-21H,1,4,9-11,14-16,18H2,2H3,(H,34,35)(H2,32,33,36)/b31-17+. The van der Waals surface area contributed by atoms with Crippen LogP contribution in [0.4, 0.5) is 10.5 Å². The molecule has 8 heteroatoms.